The van der Waals surface area contributed by atoms with Gasteiger partial charge in [-0.05, 0) is 41.5 Å². The van der Waals surface area contributed by atoms with Gasteiger partial charge in [0, 0.05) is 0 Å². The quantitative estimate of drug-likeness (QED) is 0.651. The van der Waals surface area contributed by atoms with Crippen molar-refractivity contribution in [3.05, 3.63) is 22.7 Å². The standard InChI is InChI=1S/C12H9Cl2N5O2/c13-10-15-11(14)17-12(16-10)18-19-8(20)6-4-1-2-5(3-4)7(6)9(19)21/h1-2,4-7H,3H2,(H,15,16,17,18). The highest BCUT2D eigenvalue weighted by Crippen LogP contribution is 2.52. The second kappa shape index (κ2) is 4.38. The first-order valence-electron chi connectivity index (χ1n) is 6.44. The second-order valence-corrected chi connectivity index (χ2v) is 6.00. The van der Waals surface area contributed by atoms with Crippen molar-refractivity contribution >= 4 is 41.0 Å². The number of hydrogen-bond acceptors (Lipinski definition) is 6. The predicted molar refractivity (Wildman–Crippen MR) is 73.0 cm³/mol. The van der Waals surface area contributed by atoms with Gasteiger partial charge in [-0.3, -0.25) is 15.0 Å². The topological polar surface area (TPSA) is 88.1 Å². The van der Waals surface area contributed by atoms with E-state index in [1.165, 1.54) is 0 Å². The van der Waals surface area contributed by atoms with Crippen LogP contribution in [0.1, 0.15) is 6.42 Å². The van der Waals surface area contributed by atoms with Gasteiger partial charge in [0.15, 0.2) is 0 Å². The van der Waals surface area contributed by atoms with E-state index in [2.05, 4.69) is 20.4 Å². The Balaban J connectivity index is 1.62. The average Bonchev–Trinajstić information content (AvgIpc) is 3.07. The summed E-state index contributed by atoms with van der Waals surface area (Å²) >= 11 is 11.4. The van der Waals surface area contributed by atoms with Crippen LogP contribution in [0.5, 0.6) is 0 Å². The van der Waals surface area contributed by atoms with Crippen molar-refractivity contribution in [3.63, 3.8) is 0 Å². The SMILES string of the molecule is O=C1C2C3C=CC(C3)C2C(=O)N1Nc1nc(Cl)nc(Cl)n1. The first-order valence-corrected chi connectivity index (χ1v) is 7.20. The summed E-state index contributed by atoms with van der Waals surface area (Å²) in [6.45, 7) is 0. The van der Waals surface area contributed by atoms with E-state index in [9.17, 15) is 9.59 Å². The molecule has 1 aromatic heterocycles. The highest BCUT2D eigenvalue weighted by Gasteiger charge is 2.59. The number of nitrogens with one attached hydrogen (secondary N) is 1. The average molecular weight is 326 g/mol. The fourth-order valence-electron chi connectivity index (χ4n) is 3.49. The number of rotatable bonds is 2. The van der Waals surface area contributed by atoms with Crippen LogP contribution >= 0.6 is 23.2 Å². The number of anilines is 1. The van der Waals surface area contributed by atoms with E-state index in [1.807, 2.05) is 12.2 Å². The van der Waals surface area contributed by atoms with Crippen molar-refractivity contribution in [2.45, 2.75) is 6.42 Å². The van der Waals surface area contributed by atoms with Crippen LogP contribution in [-0.2, 0) is 9.59 Å². The maximum atomic E-state index is 12.4. The van der Waals surface area contributed by atoms with E-state index >= 15 is 0 Å². The van der Waals surface area contributed by atoms with E-state index in [1.54, 1.807) is 0 Å². The molecule has 21 heavy (non-hydrogen) atoms. The zero-order valence-corrected chi connectivity index (χ0v) is 12.0. The minimum atomic E-state index is -0.284. The number of carbonyl (C=O) groups is 2. The van der Waals surface area contributed by atoms with Crippen molar-refractivity contribution in [2.75, 3.05) is 5.43 Å². The molecule has 2 amide bonds. The highest BCUT2D eigenvalue weighted by atomic mass is 35.5. The largest absolute Gasteiger partial charge is 0.272 e. The lowest BCUT2D eigenvalue weighted by atomic mass is 9.85. The monoisotopic (exact) mass is 325 g/mol. The number of fused-ring (bicyclic) bond motifs is 5. The molecule has 3 aliphatic rings. The summed E-state index contributed by atoms with van der Waals surface area (Å²) in [5, 5.41) is 0.751. The summed E-state index contributed by atoms with van der Waals surface area (Å²) in [7, 11) is 0. The number of nitrogens with zero attached hydrogens (tertiary/aromatic N) is 4. The summed E-state index contributed by atoms with van der Waals surface area (Å²) in [4.78, 5) is 36.1. The van der Waals surface area contributed by atoms with Gasteiger partial charge < -0.3 is 0 Å². The predicted octanol–water partition coefficient (Wildman–Crippen LogP) is 1.31. The van der Waals surface area contributed by atoms with Crippen molar-refractivity contribution in [2.24, 2.45) is 23.7 Å². The van der Waals surface area contributed by atoms with Gasteiger partial charge in [-0.25, -0.2) is 0 Å². The van der Waals surface area contributed by atoms with Crippen LogP contribution in [0.15, 0.2) is 12.2 Å². The first-order chi connectivity index (χ1) is 10.0. The third kappa shape index (κ3) is 1.84. The van der Waals surface area contributed by atoms with Crippen LogP contribution in [0, 0.1) is 23.7 Å². The number of hydrazine groups is 1. The van der Waals surface area contributed by atoms with Crippen LogP contribution in [0.4, 0.5) is 5.95 Å². The number of halogens is 2. The van der Waals surface area contributed by atoms with E-state index in [-0.39, 0.29) is 52.0 Å². The molecule has 2 bridgehead atoms. The number of hydrogen-bond donors (Lipinski definition) is 1. The molecule has 1 aliphatic heterocycles. The van der Waals surface area contributed by atoms with Gasteiger partial charge in [-0.2, -0.15) is 20.0 Å². The van der Waals surface area contributed by atoms with Crippen molar-refractivity contribution in [1.29, 1.82) is 0 Å². The summed E-state index contributed by atoms with van der Waals surface area (Å²) in [5.74, 6) is -0.811. The molecule has 0 aromatic carbocycles. The molecule has 0 spiro atoms. The van der Waals surface area contributed by atoms with Crippen molar-refractivity contribution < 1.29 is 9.59 Å². The van der Waals surface area contributed by atoms with Gasteiger partial charge in [0.05, 0.1) is 11.8 Å². The summed E-state index contributed by atoms with van der Waals surface area (Å²) < 4.78 is 0. The van der Waals surface area contributed by atoms with Gasteiger partial charge in [-0.15, -0.1) is 0 Å². The third-order valence-electron chi connectivity index (χ3n) is 4.26. The Bertz CT molecular complexity index is 644. The maximum absolute atomic E-state index is 12.4. The van der Waals surface area contributed by atoms with E-state index < -0.39 is 0 Å². The van der Waals surface area contributed by atoms with Gasteiger partial charge in [-0.1, -0.05) is 12.2 Å². The maximum Gasteiger partial charge on any atom is 0.252 e. The van der Waals surface area contributed by atoms with Gasteiger partial charge >= 0.3 is 0 Å². The Hall–Kier alpha value is -1.73. The Morgan fingerprint density at radius 2 is 1.52 bits per heavy atom. The van der Waals surface area contributed by atoms with Crippen molar-refractivity contribution in [3.8, 4) is 0 Å². The lowest BCUT2D eigenvalue weighted by Gasteiger charge is -2.17. The second-order valence-electron chi connectivity index (χ2n) is 5.32. The molecular weight excluding hydrogens is 317 g/mol. The molecule has 108 valence electrons. The third-order valence-corrected chi connectivity index (χ3v) is 4.60. The number of amides is 2. The summed E-state index contributed by atoms with van der Waals surface area (Å²) in [6.07, 6.45) is 4.93. The molecule has 4 rings (SSSR count). The zero-order valence-electron chi connectivity index (χ0n) is 10.5. The van der Waals surface area contributed by atoms with Crippen LogP contribution in [-0.4, -0.2) is 31.8 Å². The molecule has 0 radical (unpaired) electrons. The molecule has 7 nitrogen and oxygen atoms in total. The van der Waals surface area contributed by atoms with Crippen LogP contribution in [0.3, 0.4) is 0 Å². The molecule has 1 saturated heterocycles. The van der Waals surface area contributed by atoms with Gasteiger partial charge in [0.2, 0.25) is 16.5 Å². The van der Waals surface area contributed by atoms with Crippen LogP contribution in [0.2, 0.25) is 10.6 Å². The molecular formula is C12H9Cl2N5O2. The molecule has 4 unspecified atom stereocenters. The number of allylic oxidation sites excluding steroid dienone is 2. The Morgan fingerprint density at radius 3 is 2.05 bits per heavy atom. The molecule has 2 heterocycles. The molecule has 1 aromatic rings. The molecule has 1 N–H and O–H groups in total. The Morgan fingerprint density at radius 1 is 1.00 bits per heavy atom. The first kappa shape index (κ1) is 13.0. The Kier molecular flexibility index (Phi) is 2.71. The normalized spacial score (nSPS) is 33.0. The number of aromatic nitrogens is 3. The smallest absolute Gasteiger partial charge is 0.252 e. The number of carbonyl (C=O) groups excluding carboxylic acids is 2. The van der Waals surface area contributed by atoms with Gasteiger partial charge in [0.25, 0.3) is 11.8 Å². The molecule has 1 saturated carbocycles. The van der Waals surface area contributed by atoms with E-state index in [4.69, 9.17) is 23.2 Å². The highest BCUT2D eigenvalue weighted by molar-refractivity contribution is 6.31. The van der Waals surface area contributed by atoms with Crippen LogP contribution in [0.25, 0.3) is 0 Å². The fourth-order valence-corrected chi connectivity index (χ4v) is 3.85. The van der Waals surface area contributed by atoms with E-state index in [0.29, 0.717) is 0 Å². The summed E-state index contributed by atoms with van der Waals surface area (Å²) in [5.41, 5.74) is 2.59. The minimum Gasteiger partial charge on any atom is -0.272 e. The number of imide groups is 1. The molecule has 2 fully saturated rings. The summed E-state index contributed by atoms with van der Waals surface area (Å²) in [6, 6.07) is 0. The van der Waals surface area contributed by atoms with Gasteiger partial charge in [0.1, 0.15) is 0 Å². The fraction of sp³-hybridized carbons (Fsp3) is 0.417. The lowest BCUT2D eigenvalue weighted by molar-refractivity contribution is -0.139. The van der Waals surface area contributed by atoms with E-state index in [0.717, 1.165) is 11.4 Å². The molecule has 4 atom stereocenters. The Labute approximate surface area is 129 Å². The molecule has 9 heteroatoms. The lowest BCUT2D eigenvalue weighted by Crippen LogP contribution is -2.38. The molecule has 2 aliphatic carbocycles. The zero-order chi connectivity index (χ0) is 14.7. The van der Waals surface area contributed by atoms with Crippen LogP contribution < -0.4 is 5.43 Å². The minimum absolute atomic E-state index is 0.0259. The van der Waals surface area contributed by atoms with Crippen molar-refractivity contribution in [1.82, 2.24) is 20.0 Å².